The molecule has 2 atom stereocenters. The lowest BCUT2D eigenvalue weighted by atomic mass is 9.89. The Bertz CT molecular complexity index is 292. The van der Waals surface area contributed by atoms with Gasteiger partial charge in [-0.15, -0.1) is 0 Å². The van der Waals surface area contributed by atoms with Gasteiger partial charge in [-0.2, -0.15) is 0 Å². The van der Waals surface area contributed by atoms with E-state index >= 15 is 0 Å². The molecule has 2 unspecified atom stereocenters. The highest BCUT2D eigenvalue weighted by Gasteiger charge is 2.16. The van der Waals surface area contributed by atoms with Crippen molar-refractivity contribution < 1.29 is 10.2 Å². The van der Waals surface area contributed by atoms with Crippen LogP contribution in [0.2, 0.25) is 0 Å². The predicted octanol–water partition coefficient (Wildman–Crippen LogP) is 3.12. The van der Waals surface area contributed by atoms with E-state index in [0.717, 1.165) is 25.7 Å². The number of phenols is 1. The summed E-state index contributed by atoms with van der Waals surface area (Å²) in [6.45, 7) is 4.16. The fourth-order valence-electron chi connectivity index (χ4n) is 2.07. The number of aromatic hydroxyl groups is 1. The van der Waals surface area contributed by atoms with Gasteiger partial charge in [0.2, 0.25) is 0 Å². The summed E-state index contributed by atoms with van der Waals surface area (Å²) in [6, 6.07) is 7.27. The average Bonchev–Trinajstić information content (AvgIpc) is 2.30. The van der Waals surface area contributed by atoms with Crippen molar-refractivity contribution in [2.45, 2.75) is 45.6 Å². The predicted molar refractivity (Wildman–Crippen MR) is 66.5 cm³/mol. The van der Waals surface area contributed by atoms with Crippen LogP contribution in [0.25, 0.3) is 0 Å². The highest BCUT2D eigenvalue weighted by molar-refractivity contribution is 5.26. The molecule has 0 saturated carbocycles. The van der Waals surface area contributed by atoms with Crippen LogP contribution in [0.15, 0.2) is 24.3 Å². The minimum absolute atomic E-state index is 0.214. The summed E-state index contributed by atoms with van der Waals surface area (Å²) in [5.41, 5.74) is 1.18. The van der Waals surface area contributed by atoms with E-state index in [1.54, 1.807) is 12.1 Å². The van der Waals surface area contributed by atoms with Crippen LogP contribution in [-0.2, 0) is 6.42 Å². The van der Waals surface area contributed by atoms with Crippen LogP contribution in [0, 0.1) is 5.92 Å². The minimum Gasteiger partial charge on any atom is -0.508 e. The van der Waals surface area contributed by atoms with Gasteiger partial charge in [0, 0.05) is 0 Å². The molecule has 0 aliphatic carbocycles. The molecular formula is C14H22O2. The molecule has 2 N–H and O–H groups in total. The monoisotopic (exact) mass is 222 g/mol. The van der Waals surface area contributed by atoms with Gasteiger partial charge in [0.25, 0.3) is 0 Å². The average molecular weight is 222 g/mol. The largest absolute Gasteiger partial charge is 0.508 e. The molecule has 0 fully saturated rings. The molecule has 0 aliphatic rings. The summed E-state index contributed by atoms with van der Waals surface area (Å²) in [6.07, 6.45) is 3.63. The van der Waals surface area contributed by atoms with Crippen molar-refractivity contribution in [3.63, 3.8) is 0 Å². The van der Waals surface area contributed by atoms with Gasteiger partial charge in [-0.3, -0.25) is 0 Å². The SMILES string of the molecule is CCCC(Cc1ccc(O)cc1)C(O)CC. The van der Waals surface area contributed by atoms with Crippen molar-refractivity contribution in [2.75, 3.05) is 0 Å². The van der Waals surface area contributed by atoms with E-state index in [2.05, 4.69) is 6.92 Å². The zero-order valence-corrected chi connectivity index (χ0v) is 10.2. The van der Waals surface area contributed by atoms with Gasteiger partial charge >= 0.3 is 0 Å². The third-order valence-corrected chi connectivity index (χ3v) is 3.06. The van der Waals surface area contributed by atoms with Gasteiger partial charge in [-0.05, 0) is 42.9 Å². The molecule has 2 heteroatoms. The van der Waals surface area contributed by atoms with E-state index in [0.29, 0.717) is 11.7 Å². The van der Waals surface area contributed by atoms with Crippen LogP contribution in [0.3, 0.4) is 0 Å². The van der Waals surface area contributed by atoms with Crippen LogP contribution in [0.5, 0.6) is 5.75 Å². The van der Waals surface area contributed by atoms with Crippen molar-refractivity contribution in [3.8, 4) is 5.75 Å². The maximum Gasteiger partial charge on any atom is 0.115 e. The minimum atomic E-state index is -0.214. The first-order valence-electron chi connectivity index (χ1n) is 6.13. The third kappa shape index (κ3) is 3.86. The first-order valence-corrected chi connectivity index (χ1v) is 6.13. The number of aliphatic hydroxyl groups is 1. The van der Waals surface area contributed by atoms with Gasteiger partial charge in [-0.1, -0.05) is 32.4 Å². The fraction of sp³-hybridized carbons (Fsp3) is 0.571. The van der Waals surface area contributed by atoms with Crippen molar-refractivity contribution in [1.82, 2.24) is 0 Å². The maximum absolute atomic E-state index is 9.92. The molecule has 0 radical (unpaired) electrons. The van der Waals surface area contributed by atoms with Gasteiger partial charge in [0.15, 0.2) is 0 Å². The molecular weight excluding hydrogens is 200 g/mol. The van der Waals surface area contributed by atoms with Crippen molar-refractivity contribution in [3.05, 3.63) is 29.8 Å². The molecule has 1 rings (SSSR count). The van der Waals surface area contributed by atoms with E-state index in [9.17, 15) is 10.2 Å². The normalized spacial score (nSPS) is 14.7. The first kappa shape index (κ1) is 13.0. The van der Waals surface area contributed by atoms with Crippen LogP contribution in [0.1, 0.15) is 38.7 Å². The molecule has 0 aromatic heterocycles. The molecule has 1 aromatic carbocycles. The molecule has 16 heavy (non-hydrogen) atoms. The lowest BCUT2D eigenvalue weighted by Gasteiger charge is -2.21. The molecule has 0 spiro atoms. The molecule has 90 valence electrons. The van der Waals surface area contributed by atoms with Crippen molar-refractivity contribution in [1.29, 1.82) is 0 Å². The van der Waals surface area contributed by atoms with Gasteiger partial charge in [0.05, 0.1) is 6.10 Å². The second-order valence-corrected chi connectivity index (χ2v) is 4.39. The van der Waals surface area contributed by atoms with Gasteiger partial charge in [0.1, 0.15) is 5.75 Å². The number of benzene rings is 1. The Kier molecular flexibility index (Phi) is 5.33. The molecule has 0 aliphatic heterocycles. The van der Waals surface area contributed by atoms with Crippen LogP contribution in [-0.4, -0.2) is 16.3 Å². The summed E-state index contributed by atoms with van der Waals surface area (Å²) in [4.78, 5) is 0. The third-order valence-electron chi connectivity index (χ3n) is 3.06. The number of hydrogen-bond acceptors (Lipinski definition) is 2. The topological polar surface area (TPSA) is 40.5 Å². The number of phenolic OH excluding ortho intramolecular Hbond substituents is 1. The first-order chi connectivity index (χ1) is 7.67. The lowest BCUT2D eigenvalue weighted by Crippen LogP contribution is -2.21. The number of aliphatic hydroxyl groups excluding tert-OH is 1. The quantitative estimate of drug-likeness (QED) is 0.776. The summed E-state index contributed by atoms with van der Waals surface area (Å²) in [5, 5.41) is 19.1. The van der Waals surface area contributed by atoms with Crippen molar-refractivity contribution >= 4 is 0 Å². The molecule has 0 amide bonds. The smallest absolute Gasteiger partial charge is 0.115 e. The van der Waals surface area contributed by atoms with Crippen LogP contribution in [0.4, 0.5) is 0 Å². The van der Waals surface area contributed by atoms with Crippen molar-refractivity contribution in [2.24, 2.45) is 5.92 Å². The van der Waals surface area contributed by atoms with E-state index in [1.807, 2.05) is 19.1 Å². The van der Waals surface area contributed by atoms with Crippen LogP contribution < -0.4 is 0 Å². The Labute approximate surface area is 97.9 Å². The molecule has 0 heterocycles. The maximum atomic E-state index is 9.92. The Morgan fingerprint density at radius 2 is 1.75 bits per heavy atom. The fourth-order valence-corrected chi connectivity index (χ4v) is 2.07. The van der Waals surface area contributed by atoms with Crippen LogP contribution >= 0.6 is 0 Å². The van der Waals surface area contributed by atoms with E-state index < -0.39 is 0 Å². The summed E-state index contributed by atoms with van der Waals surface area (Å²) in [7, 11) is 0. The Hall–Kier alpha value is -1.02. The highest BCUT2D eigenvalue weighted by Crippen LogP contribution is 2.21. The summed E-state index contributed by atoms with van der Waals surface area (Å²) in [5.74, 6) is 0.631. The molecule has 2 nitrogen and oxygen atoms in total. The second-order valence-electron chi connectivity index (χ2n) is 4.39. The number of hydrogen-bond donors (Lipinski definition) is 2. The summed E-state index contributed by atoms with van der Waals surface area (Å²) < 4.78 is 0. The zero-order valence-electron chi connectivity index (χ0n) is 10.2. The molecule has 1 aromatic rings. The molecule has 0 saturated heterocycles. The van der Waals surface area contributed by atoms with Gasteiger partial charge < -0.3 is 10.2 Å². The van der Waals surface area contributed by atoms with E-state index in [-0.39, 0.29) is 6.10 Å². The Morgan fingerprint density at radius 1 is 1.12 bits per heavy atom. The highest BCUT2D eigenvalue weighted by atomic mass is 16.3. The lowest BCUT2D eigenvalue weighted by molar-refractivity contribution is 0.0979. The standard InChI is InChI=1S/C14H22O2/c1-3-5-12(14(16)4-2)10-11-6-8-13(15)9-7-11/h6-9,12,14-16H,3-5,10H2,1-2H3. The number of rotatable bonds is 6. The Morgan fingerprint density at radius 3 is 2.25 bits per heavy atom. The molecule has 0 bridgehead atoms. The summed E-state index contributed by atoms with van der Waals surface area (Å²) >= 11 is 0. The zero-order chi connectivity index (χ0) is 12.0. The van der Waals surface area contributed by atoms with Gasteiger partial charge in [-0.25, -0.2) is 0 Å². The Balaban J connectivity index is 2.63. The van der Waals surface area contributed by atoms with E-state index in [1.165, 1.54) is 5.56 Å². The van der Waals surface area contributed by atoms with E-state index in [4.69, 9.17) is 0 Å². The second kappa shape index (κ2) is 6.54.